The molecule has 1 atom stereocenters. The number of anilines is 1. The first kappa shape index (κ1) is 22.3. The van der Waals surface area contributed by atoms with Crippen LogP contribution in [0.5, 0.6) is 5.75 Å². The van der Waals surface area contributed by atoms with Crippen LogP contribution in [0, 0.1) is 5.92 Å². The van der Waals surface area contributed by atoms with Gasteiger partial charge in [0, 0.05) is 16.9 Å². The molecule has 0 unspecified atom stereocenters. The molecule has 0 fully saturated rings. The van der Waals surface area contributed by atoms with Crippen molar-refractivity contribution < 1.29 is 17.9 Å². The van der Waals surface area contributed by atoms with Crippen LogP contribution in [0.3, 0.4) is 0 Å². The van der Waals surface area contributed by atoms with Crippen LogP contribution >= 0.6 is 11.8 Å². The second-order valence-electron chi connectivity index (χ2n) is 6.62. The molecule has 6 nitrogen and oxygen atoms in total. The van der Waals surface area contributed by atoms with Gasteiger partial charge in [0.1, 0.15) is 5.75 Å². The number of benzene rings is 2. The van der Waals surface area contributed by atoms with Crippen LogP contribution in [0.25, 0.3) is 0 Å². The smallest absolute Gasteiger partial charge is 0.241 e. The number of carbonyl (C=O) groups is 1. The minimum atomic E-state index is -3.77. The quantitative estimate of drug-likeness (QED) is 0.627. The van der Waals surface area contributed by atoms with Gasteiger partial charge in [0.25, 0.3) is 0 Å². The first-order valence-corrected chi connectivity index (χ1v) is 11.5. The van der Waals surface area contributed by atoms with Crippen LogP contribution in [-0.4, -0.2) is 27.7 Å². The average Bonchev–Trinajstić information content (AvgIpc) is 2.67. The Morgan fingerprint density at radius 3 is 2.25 bits per heavy atom. The highest BCUT2D eigenvalue weighted by atomic mass is 32.2. The van der Waals surface area contributed by atoms with Crippen LogP contribution in [-0.2, 0) is 14.8 Å². The summed E-state index contributed by atoms with van der Waals surface area (Å²) in [5, 5.41) is 2.81. The molecule has 2 rings (SSSR count). The molecular weight excluding hydrogens is 396 g/mol. The molecule has 152 valence electrons. The third kappa shape index (κ3) is 5.50. The highest BCUT2D eigenvalue weighted by Gasteiger charge is 2.21. The van der Waals surface area contributed by atoms with Gasteiger partial charge < -0.3 is 10.1 Å². The molecule has 0 aliphatic rings. The lowest BCUT2D eigenvalue weighted by molar-refractivity contribution is -0.118. The van der Waals surface area contributed by atoms with Crippen molar-refractivity contribution in [1.82, 2.24) is 4.72 Å². The summed E-state index contributed by atoms with van der Waals surface area (Å²) in [4.78, 5) is 13.0. The third-order valence-electron chi connectivity index (χ3n) is 4.21. The van der Waals surface area contributed by atoms with Crippen LogP contribution in [0.1, 0.15) is 32.4 Å². The van der Waals surface area contributed by atoms with Gasteiger partial charge in [0.05, 0.1) is 17.7 Å². The van der Waals surface area contributed by atoms with Crippen molar-refractivity contribution in [2.75, 3.05) is 18.7 Å². The first-order chi connectivity index (χ1) is 13.2. The van der Waals surface area contributed by atoms with Gasteiger partial charge in [-0.25, -0.2) is 13.1 Å². The minimum Gasteiger partial charge on any atom is -0.497 e. The largest absolute Gasteiger partial charge is 0.497 e. The highest BCUT2D eigenvalue weighted by molar-refractivity contribution is 7.98. The molecule has 0 aliphatic heterocycles. The zero-order chi connectivity index (χ0) is 20.9. The number of carbonyl (C=O) groups excluding carboxylic acids is 1. The maximum Gasteiger partial charge on any atom is 0.241 e. The Bertz CT molecular complexity index is 926. The van der Waals surface area contributed by atoms with Crippen molar-refractivity contribution >= 4 is 33.4 Å². The Labute approximate surface area is 171 Å². The number of methoxy groups -OCH3 is 1. The minimum absolute atomic E-state index is 0.102. The number of hydrogen-bond donors (Lipinski definition) is 2. The van der Waals surface area contributed by atoms with Crippen molar-refractivity contribution in [3.8, 4) is 5.75 Å². The lowest BCUT2D eigenvalue weighted by Crippen LogP contribution is -2.27. The van der Waals surface area contributed by atoms with Gasteiger partial charge in [-0.05, 0) is 49.1 Å². The van der Waals surface area contributed by atoms with E-state index >= 15 is 0 Å². The summed E-state index contributed by atoms with van der Waals surface area (Å²) in [7, 11) is -2.19. The fourth-order valence-electron chi connectivity index (χ4n) is 2.49. The number of sulfonamides is 1. The van der Waals surface area contributed by atoms with E-state index in [1.807, 2.05) is 18.4 Å². The number of amides is 1. The molecule has 2 aromatic rings. The van der Waals surface area contributed by atoms with E-state index in [1.54, 1.807) is 52.1 Å². The predicted molar refractivity (Wildman–Crippen MR) is 113 cm³/mol. The summed E-state index contributed by atoms with van der Waals surface area (Å²) in [5.74, 6) is 0.338. The van der Waals surface area contributed by atoms with E-state index in [1.165, 1.54) is 17.8 Å². The highest BCUT2D eigenvalue weighted by Crippen LogP contribution is 2.29. The molecule has 0 heterocycles. The molecule has 0 radical (unpaired) electrons. The summed E-state index contributed by atoms with van der Waals surface area (Å²) >= 11 is 1.44. The van der Waals surface area contributed by atoms with Gasteiger partial charge >= 0.3 is 0 Å². The molecule has 0 aromatic heterocycles. The van der Waals surface area contributed by atoms with Gasteiger partial charge in [-0.15, -0.1) is 11.8 Å². The SMILES string of the molecule is COc1ccc([C@H](C)NS(=O)(=O)c2ccc(SC)c(NC(=O)C(C)C)c2)cc1. The number of hydrogen-bond acceptors (Lipinski definition) is 5. The molecule has 1 amide bonds. The van der Waals surface area contributed by atoms with E-state index in [-0.39, 0.29) is 16.7 Å². The fraction of sp³-hybridized carbons (Fsp3) is 0.350. The summed E-state index contributed by atoms with van der Waals surface area (Å²) in [6.45, 7) is 5.34. The summed E-state index contributed by atoms with van der Waals surface area (Å²) in [6, 6.07) is 11.5. The number of thioether (sulfide) groups is 1. The zero-order valence-electron chi connectivity index (χ0n) is 16.6. The summed E-state index contributed by atoms with van der Waals surface area (Å²) in [6.07, 6.45) is 1.87. The number of rotatable bonds is 8. The standard InChI is InChI=1S/C20H26N2O4S2/c1-13(2)20(23)21-18-12-17(10-11-19(18)27-5)28(24,25)22-14(3)15-6-8-16(26-4)9-7-15/h6-14,22H,1-5H3,(H,21,23)/t14-/m0/s1. The van der Waals surface area contributed by atoms with Gasteiger partial charge in [0.15, 0.2) is 0 Å². The lowest BCUT2D eigenvalue weighted by atomic mass is 10.1. The van der Waals surface area contributed by atoms with E-state index in [0.717, 1.165) is 10.5 Å². The molecule has 2 N–H and O–H groups in total. The zero-order valence-corrected chi connectivity index (χ0v) is 18.3. The van der Waals surface area contributed by atoms with E-state index in [0.29, 0.717) is 11.4 Å². The maximum atomic E-state index is 12.9. The second-order valence-corrected chi connectivity index (χ2v) is 9.18. The van der Waals surface area contributed by atoms with Crippen LogP contribution in [0.4, 0.5) is 5.69 Å². The van der Waals surface area contributed by atoms with Crippen molar-refractivity contribution in [3.05, 3.63) is 48.0 Å². The van der Waals surface area contributed by atoms with E-state index in [4.69, 9.17) is 4.74 Å². The molecule has 0 spiro atoms. The van der Waals surface area contributed by atoms with Gasteiger partial charge in [-0.1, -0.05) is 26.0 Å². The van der Waals surface area contributed by atoms with Crippen molar-refractivity contribution in [1.29, 1.82) is 0 Å². The molecule has 0 aliphatic carbocycles. The van der Waals surface area contributed by atoms with E-state index < -0.39 is 16.1 Å². The van der Waals surface area contributed by atoms with Crippen molar-refractivity contribution in [2.45, 2.75) is 36.6 Å². The Morgan fingerprint density at radius 1 is 1.07 bits per heavy atom. The molecule has 0 bridgehead atoms. The molecule has 8 heteroatoms. The summed E-state index contributed by atoms with van der Waals surface area (Å²) in [5.41, 5.74) is 1.31. The molecular formula is C20H26N2O4S2. The Kier molecular flexibility index (Phi) is 7.51. The van der Waals surface area contributed by atoms with Crippen LogP contribution in [0.15, 0.2) is 52.3 Å². The van der Waals surface area contributed by atoms with E-state index in [2.05, 4.69) is 10.0 Å². The topological polar surface area (TPSA) is 84.5 Å². The van der Waals surface area contributed by atoms with Gasteiger partial charge in [-0.2, -0.15) is 0 Å². The normalized spacial score (nSPS) is 12.6. The number of ether oxygens (including phenoxy) is 1. The van der Waals surface area contributed by atoms with Gasteiger partial charge in [0.2, 0.25) is 15.9 Å². The monoisotopic (exact) mass is 422 g/mol. The average molecular weight is 423 g/mol. The molecule has 0 saturated carbocycles. The van der Waals surface area contributed by atoms with Gasteiger partial charge in [-0.3, -0.25) is 4.79 Å². The van der Waals surface area contributed by atoms with Crippen molar-refractivity contribution in [3.63, 3.8) is 0 Å². The third-order valence-corrected chi connectivity index (χ3v) is 6.55. The molecule has 2 aromatic carbocycles. The first-order valence-electron chi connectivity index (χ1n) is 8.83. The maximum absolute atomic E-state index is 12.9. The van der Waals surface area contributed by atoms with Crippen LogP contribution in [0.2, 0.25) is 0 Å². The van der Waals surface area contributed by atoms with Crippen molar-refractivity contribution in [2.24, 2.45) is 5.92 Å². The lowest BCUT2D eigenvalue weighted by Gasteiger charge is -2.17. The number of nitrogens with one attached hydrogen (secondary N) is 2. The Hall–Kier alpha value is -2.03. The van der Waals surface area contributed by atoms with E-state index in [9.17, 15) is 13.2 Å². The summed E-state index contributed by atoms with van der Waals surface area (Å²) < 4.78 is 33.5. The second kappa shape index (κ2) is 9.45. The van der Waals surface area contributed by atoms with Crippen LogP contribution < -0.4 is 14.8 Å². The molecule has 28 heavy (non-hydrogen) atoms. The predicted octanol–water partition coefficient (Wildman–Crippen LogP) is 4.05. The Balaban J connectivity index is 2.27. The fourth-order valence-corrected chi connectivity index (χ4v) is 4.28. The Morgan fingerprint density at radius 2 is 1.71 bits per heavy atom. The molecule has 0 saturated heterocycles.